The quantitative estimate of drug-likeness (QED) is 0.125. The van der Waals surface area contributed by atoms with Crippen LogP contribution in [0.5, 0.6) is 5.75 Å². The van der Waals surface area contributed by atoms with E-state index in [0.717, 1.165) is 58.9 Å². The zero-order chi connectivity index (χ0) is 37.0. The number of fused-ring (bicyclic) bond motifs is 2. The number of likely N-dealkylation sites (tertiary alicyclic amines) is 1. The molecule has 3 aliphatic rings. The van der Waals surface area contributed by atoms with Crippen molar-refractivity contribution in [2.45, 2.75) is 43.8 Å². The van der Waals surface area contributed by atoms with Gasteiger partial charge in [-0.15, -0.1) is 11.3 Å². The monoisotopic (exact) mass is 738 g/mol. The molecule has 0 bridgehead atoms. The number of hydrogen-bond donors (Lipinski definition) is 1. The molecule has 53 heavy (non-hydrogen) atoms. The second-order valence-corrected chi connectivity index (χ2v) is 15.0. The number of nitrogens with one attached hydrogen (secondary N) is 1. The Morgan fingerprint density at radius 2 is 1.83 bits per heavy atom. The van der Waals surface area contributed by atoms with Crippen molar-refractivity contribution in [2.75, 3.05) is 47.0 Å². The van der Waals surface area contributed by atoms with E-state index in [-0.39, 0.29) is 48.4 Å². The molecule has 5 aromatic rings. The molecule has 1 saturated heterocycles. The minimum atomic E-state index is -0.797. The van der Waals surface area contributed by atoms with Crippen molar-refractivity contribution in [3.05, 3.63) is 89.5 Å². The molecule has 1 N–H and O–H groups in total. The van der Waals surface area contributed by atoms with E-state index in [2.05, 4.69) is 16.8 Å². The molecular formula is C40H40F2N6O4S. The third-order valence-corrected chi connectivity index (χ3v) is 11.6. The molecule has 1 saturated carbocycles. The van der Waals surface area contributed by atoms with Gasteiger partial charge in [0.05, 0.1) is 47.6 Å². The summed E-state index contributed by atoms with van der Waals surface area (Å²) in [6, 6.07) is 13.7. The topological polar surface area (TPSA) is 102 Å². The number of hydrogen-bond acceptors (Lipinski definition) is 8. The highest BCUT2D eigenvalue weighted by Gasteiger charge is 2.52. The zero-order valence-corrected chi connectivity index (χ0v) is 30.6. The molecule has 0 spiro atoms. The Bertz CT molecular complexity index is 2240. The number of carbonyl (C=O) groups excluding carboxylic acids is 2. The van der Waals surface area contributed by atoms with Crippen LogP contribution in [-0.4, -0.2) is 89.4 Å². The number of benzene rings is 2. The largest absolute Gasteiger partial charge is 0.490 e. The molecule has 274 valence electrons. The van der Waals surface area contributed by atoms with Gasteiger partial charge in [-0.25, -0.2) is 13.8 Å². The van der Waals surface area contributed by atoms with E-state index in [9.17, 15) is 14.0 Å². The SMILES string of the molecule is C=CC(=O)N1CCn2nc(-c3nc(-c4ccc(C5(C(=O)NC6CN(C)C6)CC5)cc4)c4ccsc4c3-c3c(F)cc(F)cc3OCCOC)cc2C1C. The van der Waals surface area contributed by atoms with Crippen LogP contribution in [0.1, 0.15) is 37.1 Å². The summed E-state index contributed by atoms with van der Waals surface area (Å²) in [4.78, 5) is 35.2. The van der Waals surface area contributed by atoms with Crippen LogP contribution < -0.4 is 10.1 Å². The summed E-state index contributed by atoms with van der Waals surface area (Å²) in [7, 11) is 3.57. The minimum Gasteiger partial charge on any atom is -0.490 e. The summed E-state index contributed by atoms with van der Waals surface area (Å²) in [6.07, 6.45) is 2.89. The highest BCUT2D eigenvalue weighted by molar-refractivity contribution is 7.18. The van der Waals surface area contributed by atoms with Crippen LogP contribution in [0.4, 0.5) is 8.78 Å². The molecule has 2 aliphatic heterocycles. The molecule has 13 heteroatoms. The normalized spacial score (nSPS) is 18.1. The van der Waals surface area contributed by atoms with E-state index in [4.69, 9.17) is 19.6 Å². The number of ether oxygens (including phenoxy) is 2. The van der Waals surface area contributed by atoms with Crippen LogP contribution in [0.2, 0.25) is 0 Å². The Kier molecular flexibility index (Phi) is 9.12. The van der Waals surface area contributed by atoms with Crippen molar-refractivity contribution in [1.29, 1.82) is 0 Å². The first-order valence-electron chi connectivity index (χ1n) is 17.8. The van der Waals surface area contributed by atoms with Gasteiger partial charge in [-0.3, -0.25) is 14.3 Å². The Morgan fingerprint density at radius 1 is 1.06 bits per heavy atom. The van der Waals surface area contributed by atoms with Crippen LogP contribution in [0.15, 0.2) is 66.6 Å². The summed E-state index contributed by atoms with van der Waals surface area (Å²) >= 11 is 1.42. The third-order valence-electron chi connectivity index (χ3n) is 10.7. The third kappa shape index (κ3) is 6.20. The molecule has 8 rings (SSSR count). The first kappa shape index (κ1) is 35.1. The molecule has 10 nitrogen and oxygen atoms in total. The summed E-state index contributed by atoms with van der Waals surface area (Å²) in [5, 5.41) is 10.9. The summed E-state index contributed by atoms with van der Waals surface area (Å²) in [5.74, 6) is -1.65. The van der Waals surface area contributed by atoms with Crippen LogP contribution >= 0.6 is 11.3 Å². The van der Waals surface area contributed by atoms with Gasteiger partial charge < -0.3 is 24.6 Å². The van der Waals surface area contributed by atoms with Gasteiger partial charge in [-0.1, -0.05) is 30.8 Å². The van der Waals surface area contributed by atoms with Crippen LogP contribution in [0, 0.1) is 11.6 Å². The fourth-order valence-corrected chi connectivity index (χ4v) is 8.62. The number of halogens is 2. The highest BCUT2D eigenvalue weighted by atomic mass is 32.1. The average Bonchev–Trinajstić information content (AvgIpc) is 3.58. The second kappa shape index (κ2) is 13.8. The lowest BCUT2D eigenvalue weighted by molar-refractivity contribution is -0.129. The molecule has 5 heterocycles. The summed E-state index contributed by atoms with van der Waals surface area (Å²) in [5.41, 5.74) is 4.07. The molecule has 2 amide bonds. The summed E-state index contributed by atoms with van der Waals surface area (Å²) < 4.78 is 44.6. The molecule has 2 aromatic carbocycles. The Labute approximate surface area is 310 Å². The number of carbonyl (C=O) groups is 2. The molecule has 1 aliphatic carbocycles. The maximum absolute atomic E-state index is 16.2. The van der Waals surface area contributed by atoms with Crippen LogP contribution in [0.3, 0.4) is 0 Å². The van der Waals surface area contributed by atoms with Crippen molar-refractivity contribution in [3.8, 4) is 39.5 Å². The number of thiophene rings is 1. The molecular weight excluding hydrogens is 699 g/mol. The van der Waals surface area contributed by atoms with Gasteiger partial charge in [0.1, 0.15) is 35.4 Å². The van der Waals surface area contributed by atoms with Gasteiger partial charge in [0.15, 0.2) is 0 Å². The minimum absolute atomic E-state index is 0.0241. The maximum atomic E-state index is 16.2. The van der Waals surface area contributed by atoms with E-state index in [1.54, 1.807) is 4.90 Å². The molecule has 2 fully saturated rings. The van der Waals surface area contributed by atoms with E-state index in [1.165, 1.54) is 30.6 Å². The Morgan fingerprint density at radius 3 is 2.53 bits per heavy atom. The number of nitrogens with zero attached hydrogens (tertiary/aromatic N) is 5. The molecule has 1 unspecified atom stereocenters. The van der Waals surface area contributed by atoms with Crippen LogP contribution in [-0.2, 0) is 26.3 Å². The molecule has 3 aromatic heterocycles. The van der Waals surface area contributed by atoms with Gasteiger partial charge in [0.25, 0.3) is 0 Å². The van der Waals surface area contributed by atoms with Crippen LogP contribution in [0.25, 0.3) is 43.9 Å². The zero-order valence-electron chi connectivity index (χ0n) is 29.8. The second-order valence-electron chi connectivity index (χ2n) is 14.1. The fourth-order valence-electron chi connectivity index (χ4n) is 7.67. The van der Waals surface area contributed by atoms with Gasteiger partial charge in [0, 0.05) is 60.1 Å². The van der Waals surface area contributed by atoms with E-state index in [1.807, 2.05) is 60.4 Å². The number of methoxy groups -OCH3 is 1. The first-order chi connectivity index (χ1) is 25.6. The van der Waals surface area contributed by atoms with Crippen molar-refractivity contribution in [2.24, 2.45) is 0 Å². The lowest BCUT2D eigenvalue weighted by atomic mass is 9.92. The van der Waals surface area contributed by atoms with Crippen molar-refractivity contribution in [3.63, 3.8) is 0 Å². The number of amides is 2. The predicted molar refractivity (Wildman–Crippen MR) is 200 cm³/mol. The summed E-state index contributed by atoms with van der Waals surface area (Å²) in [6.45, 7) is 8.50. The lowest BCUT2D eigenvalue weighted by Gasteiger charge is -2.37. The fraction of sp³-hybridized carbons (Fsp3) is 0.350. The van der Waals surface area contributed by atoms with Crippen molar-refractivity contribution >= 4 is 33.2 Å². The Hall–Kier alpha value is -4.98. The average molecular weight is 739 g/mol. The van der Waals surface area contributed by atoms with Gasteiger partial charge in [-0.05, 0) is 56.0 Å². The number of likely N-dealkylation sites (N-methyl/N-ethyl adjacent to an activating group) is 1. The highest BCUT2D eigenvalue weighted by Crippen LogP contribution is 2.50. The standard InChI is InChI=1S/C40H40F2N6O4S/c1-5-33(49)47-13-14-48-31(23(47)2)20-30(45-48)37-35(34-29(42)18-26(41)19-32(34)52-16-15-51-4)38-28(10-17-53-38)36(44-37)24-6-8-25(9-7-24)40(11-12-40)39(50)43-27-21-46(3)22-27/h5-10,17-20,23,27H,1,11-16,21-22H2,2-4H3,(H,43,50). The first-order valence-corrected chi connectivity index (χ1v) is 18.6. The van der Waals surface area contributed by atoms with Crippen molar-refractivity contribution < 1.29 is 27.8 Å². The van der Waals surface area contributed by atoms with E-state index in [0.29, 0.717) is 35.7 Å². The molecule has 0 radical (unpaired) electrons. The molecule has 1 atom stereocenters. The number of aromatic nitrogens is 3. The van der Waals surface area contributed by atoms with Gasteiger partial charge in [-0.2, -0.15) is 5.10 Å². The number of rotatable bonds is 11. The van der Waals surface area contributed by atoms with Gasteiger partial charge >= 0.3 is 0 Å². The maximum Gasteiger partial charge on any atom is 0.246 e. The van der Waals surface area contributed by atoms with E-state index < -0.39 is 17.0 Å². The Balaban J connectivity index is 1.26. The lowest BCUT2D eigenvalue weighted by Crippen LogP contribution is -2.59. The van der Waals surface area contributed by atoms with Crippen molar-refractivity contribution in [1.82, 2.24) is 29.9 Å². The smallest absolute Gasteiger partial charge is 0.246 e. The van der Waals surface area contributed by atoms with Gasteiger partial charge in [0.2, 0.25) is 11.8 Å². The predicted octanol–water partition coefficient (Wildman–Crippen LogP) is 6.35. The van der Waals surface area contributed by atoms with E-state index >= 15 is 4.39 Å². The number of pyridine rings is 1.